The number of fused-ring (bicyclic) bond motifs is 3. The van der Waals surface area contributed by atoms with Crippen LogP contribution in [0.15, 0.2) is 36.4 Å². The number of benzene rings is 3. The van der Waals surface area contributed by atoms with E-state index in [1.165, 1.54) is 6.07 Å². The average Bonchev–Trinajstić information content (AvgIpc) is 2.66. The van der Waals surface area contributed by atoms with E-state index in [4.69, 9.17) is 23.2 Å². The summed E-state index contributed by atoms with van der Waals surface area (Å²) in [7, 11) is 0. The van der Waals surface area contributed by atoms with Crippen LogP contribution >= 0.6 is 23.2 Å². The molecule has 0 aliphatic rings. The first kappa shape index (κ1) is 23.1. The van der Waals surface area contributed by atoms with Crippen LogP contribution in [0.1, 0.15) is 43.9 Å². The molecule has 0 saturated carbocycles. The largest absolute Gasteiger partial charge is 0.416 e. The van der Waals surface area contributed by atoms with Gasteiger partial charge in [-0.25, -0.2) is 0 Å². The van der Waals surface area contributed by atoms with Gasteiger partial charge < -0.3 is 10.0 Å². The molecule has 0 radical (unpaired) electrons. The van der Waals surface area contributed by atoms with Crippen molar-refractivity contribution in [3.8, 4) is 0 Å². The summed E-state index contributed by atoms with van der Waals surface area (Å²) in [5.74, 6) is 0. The lowest BCUT2D eigenvalue weighted by molar-refractivity contribution is -0.137. The summed E-state index contributed by atoms with van der Waals surface area (Å²) in [5.41, 5.74) is -0.190. The molecule has 1 N–H and O–H groups in total. The molecule has 0 aliphatic heterocycles. The summed E-state index contributed by atoms with van der Waals surface area (Å²) in [6.07, 6.45) is -3.44. The van der Waals surface area contributed by atoms with Crippen LogP contribution in [-0.4, -0.2) is 29.6 Å². The Balaban J connectivity index is 2.22. The van der Waals surface area contributed by atoms with Crippen molar-refractivity contribution in [1.29, 1.82) is 0 Å². The molecule has 1 atom stereocenters. The second-order valence-corrected chi connectivity index (χ2v) is 8.37. The van der Waals surface area contributed by atoms with Crippen molar-refractivity contribution in [3.63, 3.8) is 0 Å². The molecule has 3 aromatic carbocycles. The molecule has 2 nitrogen and oxygen atoms in total. The highest BCUT2D eigenvalue weighted by atomic mass is 35.5. The molecule has 162 valence electrons. The van der Waals surface area contributed by atoms with Gasteiger partial charge >= 0.3 is 6.18 Å². The van der Waals surface area contributed by atoms with Crippen LogP contribution < -0.4 is 0 Å². The molecular formula is C23H24Cl2F3NO. The third-order valence-electron chi connectivity index (χ3n) is 5.21. The molecule has 30 heavy (non-hydrogen) atoms. The summed E-state index contributed by atoms with van der Waals surface area (Å²) >= 11 is 12.5. The minimum absolute atomic E-state index is 0.337. The molecule has 3 rings (SSSR count). The average molecular weight is 458 g/mol. The van der Waals surface area contributed by atoms with Crippen molar-refractivity contribution in [1.82, 2.24) is 4.90 Å². The van der Waals surface area contributed by atoms with Gasteiger partial charge in [0.05, 0.1) is 11.7 Å². The van der Waals surface area contributed by atoms with E-state index in [9.17, 15) is 18.3 Å². The van der Waals surface area contributed by atoms with Gasteiger partial charge in [0.1, 0.15) is 0 Å². The molecule has 0 aliphatic carbocycles. The van der Waals surface area contributed by atoms with E-state index in [-0.39, 0.29) is 0 Å². The standard InChI is InChI=1S/C23H24Cl2F3NO/c1-3-7-29(8-4-2)13-22(30)20-12-19-18(10-15(24)11-21(19)25)17-9-14(23(26,27)28)5-6-16(17)20/h5-6,9-12,22,30H,3-4,7-8,13H2,1-2H3. The van der Waals surface area contributed by atoms with Crippen molar-refractivity contribution in [3.05, 3.63) is 57.6 Å². The SMILES string of the molecule is CCCN(CCC)CC(O)c1cc2c(Cl)cc(Cl)cc2c2cc(C(F)(F)F)ccc12. The van der Waals surface area contributed by atoms with Gasteiger partial charge in [-0.05, 0) is 78.0 Å². The zero-order chi connectivity index (χ0) is 22.1. The van der Waals surface area contributed by atoms with E-state index in [2.05, 4.69) is 18.7 Å². The number of hydrogen-bond acceptors (Lipinski definition) is 2. The quantitative estimate of drug-likeness (QED) is 0.371. The zero-order valence-corrected chi connectivity index (χ0v) is 18.4. The normalized spacial score (nSPS) is 13.5. The van der Waals surface area contributed by atoms with Crippen molar-refractivity contribution in [2.75, 3.05) is 19.6 Å². The minimum Gasteiger partial charge on any atom is -0.387 e. The van der Waals surface area contributed by atoms with Crippen molar-refractivity contribution < 1.29 is 18.3 Å². The number of aliphatic hydroxyl groups excluding tert-OH is 1. The number of rotatable bonds is 7. The first-order chi connectivity index (χ1) is 14.2. The van der Waals surface area contributed by atoms with E-state index < -0.39 is 17.8 Å². The second-order valence-electron chi connectivity index (χ2n) is 7.52. The highest BCUT2D eigenvalue weighted by Gasteiger charge is 2.31. The van der Waals surface area contributed by atoms with Crippen LogP contribution in [-0.2, 0) is 6.18 Å². The fourth-order valence-corrected chi connectivity index (χ4v) is 4.48. The number of halogens is 5. The second kappa shape index (κ2) is 9.31. The Labute approximate surface area is 184 Å². The third kappa shape index (κ3) is 4.86. The Bertz CT molecular complexity index is 1050. The van der Waals surface area contributed by atoms with Gasteiger partial charge in [0.2, 0.25) is 0 Å². The molecule has 0 heterocycles. The predicted octanol–water partition coefficient (Wildman–Crippen LogP) is 7.47. The highest BCUT2D eigenvalue weighted by Crippen LogP contribution is 2.40. The topological polar surface area (TPSA) is 23.5 Å². The van der Waals surface area contributed by atoms with Crippen LogP contribution in [0.2, 0.25) is 10.0 Å². The Morgan fingerprint density at radius 3 is 2.13 bits per heavy atom. The summed E-state index contributed by atoms with van der Waals surface area (Å²) in [6, 6.07) is 8.52. The van der Waals surface area contributed by atoms with Gasteiger partial charge in [0.15, 0.2) is 0 Å². The van der Waals surface area contributed by atoms with Crippen LogP contribution in [0, 0.1) is 0 Å². The maximum Gasteiger partial charge on any atom is 0.416 e. The Morgan fingerprint density at radius 1 is 0.900 bits per heavy atom. The summed E-state index contributed by atoms with van der Waals surface area (Å²) in [6.45, 7) is 6.22. The number of hydrogen-bond donors (Lipinski definition) is 1. The molecule has 0 bridgehead atoms. The van der Waals surface area contributed by atoms with Gasteiger partial charge in [-0.2, -0.15) is 13.2 Å². The van der Waals surface area contributed by atoms with Crippen LogP contribution in [0.25, 0.3) is 21.5 Å². The molecule has 0 aromatic heterocycles. The van der Waals surface area contributed by atoms with Crippen LogP contribution in [0.4, 0.5) is 13.2 Å². The lowest BCUT2D eigenvalue weighted by atomic mass is 9.93. The van der Waals surface area contributed by atoms with Gasteiger partial charge in [-0.15, -0.1) is 0 Å². The maximum atomic E-state index is 13.4. The first-order valence-corrected chi connectivity index (χ1v) is 10.7. The predicted molar refractivity (Wildman–Crippen MR) is 118 cm³/mol. The van der Waals surface area contributed by atoms with Gasteiger partial charge in [0, 0.05) is 22.0 Å². The maximum absolute atomic E-state index is 13.4. The number of alkyl halides is 3. The molecule has 0 fully saturated rings. The van der Waals surface area contributed by atoms with Crippen LogP contribution in [0.5, 0.6) is 0 Å². The Kier molecular flexibility index (Phi) is 7.18. The lowest BCUT2D eigenvalue weighted by Crippen LogP contribution is -2.30. The first-order valence-electron chi connectivity index (χ1n) is 9.98. The fraction of sp³-hybridized carbons (Fsp3) is 0.391. The van der Waals surface area contributed by atoms with Crippen molar-refractivity contribution in [2.24, 2.45) is 0 Å². The van der Waals surface area contributed by atoms with E-state index in [1.54, 1.807) is 18.2 Å². The molecule has 7 heteroatoms. The fourth-order valence-electron chi connectivity index (χ4n) is 3.93. The van der Waals surface area contributed by atoms with Crippen molar-refractivity contribution in [2.45, 2.75) is 39.0 Å². The Morgan fingerprint density at radius 2 is 1.53 bits per heavy atom. The monoisotopic (exact) mass is 457 g/mol. The lowest BCUT2D eigenvalue weighted by Gasteiger charge is -2.25. The van der Waals surface area contributed by atoms with E-state index >= 15 is 0 Å². The van der Waals surface area contributed by atoms with Crippen LogP contribution in [0.3, 0.4) is 0 Å². The molecular weight excluding hydrogens is 434 g/mol. The van der Waals surface area contributed by atoms with Gasteiger partial charge in [-0.1, -0.05) is 43.1 Å². The third-order valence-corrected chi connectivity index (χ3v) is 5.74. The van der Waals surface area contributed by atoms with E-state index in [1.807, 2.05) is 0 Å². The van der Waals surface area contributed by atoms with E-state index in [0.29, 0.717) is 43.7 Å². The highest BCUT2D eigenvalue weighted by molar-refractivity contribution is 6.39. The van der Waals surface area contributed by atoms with E-state index in [0.717, 1.165) is 38.1 Å². The zero-order valence-electron chi connectivity index (χ0n) is 16.9. The number of aliphatic hydroxyl groups is 1. The summed E-state index contributed by atoms with van der Waals surface area (Å²) < 4.78 is 40.1. The Hall–Kier alpha value is -1.53. The smallest absolute Gasteiger partial charge is 0.387 e. The molecule has 0 saturated heterocycles. The molecule has 1 unspecified atom stereocenters. The minimum atomic E-state index is -4.48. The van der Waals surface area contributed by atoms with Gasteiger partial charge in [0.25, 0.3) is 0 Å². The molecule has 0 spiro atoms. The molecule has 3 aromatic rings. The van der Waals surface area contributed by atoms with Crippen molar-refractivity contribution >= 4 is 44.7 Å². The summed E-state index contributed by atoms with van der Waals surface area (Å²) in [4.78, 5) is 2.16. The molecule has 0 amide bonds. The summed E-state index contributed by atoms with van der Waals surface area (Å²) in [5, 5.41) is 13.8. The number of nitrogens with zero attached hydrogens (tertiary/aromatic N) is 1. The van der Waals surface area contributed by atoms with Gasteiger partial charge in [-0.3, -0.25) is 0 Å².